The molecule has 0 saturated heterocycles. The van der Waals surface area contributed by atoms with Crippen molar-refractivity contribution in [3.63, 3.8) is 0 Å². The molecule has 0 unspecified atom stereocenters. The molecule has 1 rings (SSSR count). The third-order valence-corrected chi connectivity index (χ3v) is 2.36. The number of esters is 1. The minimum Gasteiger partial charge on any atom is -0.480 e. The van der Waals surface area contributed by atoms with Gasteiger partial charge in [-0.3, -0.25) is 0 Å². The Bertz CT molecular complexity index is 493. The number of rotatable bonds is 5. The number of carbonyl (C=O) groups excluding carboxylic acids is 1. The molecule has 0 spiro atoms. The lowest BCUT2D eigenvalue weighted by Crippen LogP contribution is -2.20. The normalized spacial score (nSPS) is 11.1. The van der Waals surface area contributed by atoms with Crippen molar-refractivity contribution in [3.8, 4) is 11.8 Å². The molecule has 0 radical (unpaired) electrons. The van der Waals surface area contributed by atoms with E-state index in [9.17, 15) is 18.0 Å². The molecule has 112 valence electrons. The highest BCUT2D eigenvalue weighted by atomic mass is 35.5. The Morgan fingerprint density at radius 1 is 1.40 bits per heavy atom. The van der Waals surface area contributed by atoms with E-state index >= 15 is 0 Å². The van der Waals surface area contributed by atoms with Crippen LogP contribution in [0.15, 0.2) is 6.07 Å². The second-order valence-electron chi connectivity index (χ2n) is 3.41. The van der Waals surface area contributed by atoms with Crippen molar-refractivity contribution in [1.82, 2.24) is 4.98 Å². The molecule has 0 amide bonds. The quantitative estimate of drug-likeness (QED) is 0.618. The molecular weight excluding hydrogens is 303 g/mol. The third kappa shape index (κ3) is 4.16. The first-order valence-corrected chi connectivity index (χ1v) is 5.92. The van der Waals surface area contributed by atoms with Crippen LogP contribution in [0.5, 0.6) is 11.8 Å². The molecule has 20 heavy (non-hydrogen) atoms. The van der Waals surface area contributed by atoms with E-state index in [1.807, 2.05) is 0 Å². The van der Waals surface area contributed by atoms with Gasteiger partial charge in [0.1, 0.15) is 5.56 Å². The minimum atomic E-state index is -4.93. The van der Waals surface area contributed by atoms with E-state index in [1.54, 1.807) is 6.92 Å². The molecule has 0 aliphatic rings. The van der Waals surface area contributed by atoms with E-state index in [1.165, 1.54) is 0 Å². The van der Waals surface area contributed by atoms with Gasteiger partial charge in [0, 0.05) is 5.56 Å². The highest BCUT2D eigenvalue weighted by molar-refractivity contribution is 6.17. The molecule has 0 aliphatic heterocycles. The van der Waals surface area contributed by atoms with Gasteiger partial charge in [0.15, 0.2) is 0 Å². The number of methoxy groups -OCH3 is 1. The van der Waals surface area contributed by atoms with Gasteiger partial charge < -0.3 is 14.2 Å². The number of aromatic nitrogens is 1. The average molecular weight is 314 g/mol. The van der Waals surface area contributed by atoms with E-state index in [-0.39, 0.29) is 29.5 Å². The largest absolute Gasteiger partial charge is 0.574 e. The van der Waals surface area contributed by atoms with E-state index in [2.05, 4.69) is 9.72 Å². The number of nitrogens with zero attached hydrogens (tertiary/aromatic N) is 1. The van der Waals surface area contributed by atoms with E-state index in [0.717, 1.165) is 13.2 Å². The molecule has 0 fully saturated rings. The SMILES string of the molecule is CCOC(=O)c1cc(CCl)c(OC(F)(F)F)nc1OC. The van der Waals surface area contributed by atoms with E-state index in [0.29, 0.717) is 0 Å². The van der Waals surface area contributed by atoms with Gasteiger partial charge in [0.05, 0.1) is 19.6 Å². The number of hydrogen-bond acceptors (Lipinski definition) is 5. The number of alkyl halides is 4. The lowest BCUT2D eigenvalue weighted by atomic mass is 10.2. The molecule has 0 N–H and O–H groups in total. The van der Waals surface area contributed by atoms with E-state index < -0.39 is 18.2 Å². The summed E-state index contributed by atoms with van der Waals surface area (Å²) in [7, 11) is 1.16. The van der Waals surface area contributed by atoms with Gasteiger partial charge in [-0.2, -0.15) is 4.98 Å². The van der Waals surface area contributed by atoms with Crippen LogP contribution in [0.25, 0.3) is 0 Å². The summed E-state index contributed by atoms with van der Waals surface area (Å²) in [5, 5.41) is 0. The van der Waals surface area contributed by atoms with Crippen LogP contribution in [-0.4, -0.2) is 31.0 Å². The van der Waals surface area contributed by atoms with Crippen LogP contribution in [0.4, 0.5) is 13.2 Å². The summed E-state index contributed by atoms with van der Waals surface area (Å²) in [4.78, 5) is 15.1. The first kappa shape index (κ1) is 16.4. The third-order valence-electron chi connectivity index (χ3n) is 2.07. The highest BCUT2D eigenvalue weighted by Crippen LogP contribution is 2.30. The molecule has 1 aromatic rings. The number of hydrogen-bond donors (Lipinski definition) is 0. The Morgan fingerprint density at radius 2 is 2.05 bits per heavy atom. The summed E-state index contributed by atoms with van der Waals surface area (Å²) in [6.07, 6.45) is -4.93. The van der Waals surface area contributed by atoms with Crippen LogP contribution in [0.2, 0.25) is 0 Å². The maximum Gasteiger partial charge on any atom is 0.574 e. The molecule has 0 saturated carbocycles. The Balaban J connectivity index is 3.26. The van der Waals surface area contributed by atoms with Crippen molar-refractivity contribution in [3.05, 3.63) is 17.2 Å². The van der Waals surface area contributed by atoms with Crippen molar-refractivity contribution in [2.24, 2.45) is 0 Å². The fraction of sp³-hybridized carbons (Fsp3) is 0.455. The van der Waals surface area contributed by atoms with Crippen LogP contribution in [0, 0.1) is 0 Å². The van der Waals surface area contributed by atoms with Crippen LogP contribution >= 0.6 is 11.6 Å². The predicted molar refractivity (Wildman–Crippen MR) is 63.0 cm³/mol. The molecule has 0 aromatic carbocycles. The van der Waals surface area contributed by atoms with Gasteiger partial charge >= 0.3 is 12.3 Å². The smallest absolute Gasteiger partial charge is 0.480 e. The number of halogens is 4. The first-order valence-electron chi connectivity index (χ1n) is 5.39. The number of ether oxygens (including phenoxy) is 3. The van der Waals surface area contributed by atoms with Gasteiger partial charge in [-0.05, 0) is 13.0 Å². The zero-order valence-corrected chi connectivity index (χ0v) is 11.3. The molecule has 9 heteroatoms. The zero-order valence-electron chi connectivity index (χ0n) is 10.6. The molecule has 1 heterocycles. The summed E-state index contributed by atoms with van der Waals surface area (Å²) in [5.41, 5.74) is -0.229. The second kappa shape index (κ2) is 6.65. The monoisotopic (exact) mass is 313 g/mol. The van der Waals surface area contributed by atoms with Crippen LogP contribution in [0.3, 0.4) is 0 Å². The van der Waals surface area contributed by atoms with Gasteiger partial charge in [0.25, 0.3) is 0 Å². The lowest BCUT2D eigenvalue weighted by molar-refractivity contribution is -0.276. The average Bonchev–Trinajstić information content (AvgIpc) is 2.36. The zero-order chi connectivity index (χ0) is 15.3. The number of carbonyl (C=O) groups is 1. The van der Waals surface area contributed by atoms with Gasteiger partial charge in [-0.15, -0.1) is 24.8 Å². The fourth-order valence-electron chi connectivity index (χ4n) is 1.33. The van der Waals surface area contributed by atoms with Gasteiger partial charge in [-0.25, -0.2) is 4.79 Å². The predicted octanol–water partition coefficient (Wildman–Crippen LogP) is 2.90. The minimum absolute atomic E-state index is 0.0962. The molecule has 5 nitrogen and oxygen atoms in total. The Labute approximate surface area is 117 Å². The molecule has 0 bridgehead atoms. The molecule has 0 atom stereocenters. The maximum atomic E-state index is 12.2. The van der Waals surface area contributed by atoms with Crippen LogP contribution < -0.4 is 9.47 Å². The van der Waals surface area contributed by atoms with Crippen LogP contribution in [0.1, 0.15) is 22.8 Å². The fourth-order valence-corrected chi connectivity index (χ4v) is 1.52. The summed E-state index contributed by atoms with van der Waals surface area (Å²) in [6, 6.07) is 1.10. The summed E-state index contributed by atoms with van der Waals surface area (Å²) >= 11 is 5.53. The summed E-state index contributed by atoms with van der Waals surface area (Å²) < 4.78 is 50.0. The standard InChI is InChI=1S/C11H11ClF3NO4/c1-3-19-10(17)7-4-6(5-12)8(16-9(7)18-2)20-11(13,14)15/h4H,3,5H2,1-2H3. The second-order valence-corrected chi connectivity index (χ2v) is 3.68. The molecule has 1 aromatic heterocycles. The number of pyridine rings is 1. The van der Waals surface area contributed by atoms with Crippen LogP contribution in [-0.2, 0) is 10.6 Å². The van der Waals surface area contributed by atoms with Crippen molar-refractivity contribution in [1.29, 1.82) is 0 Å². The maximum absolute atomic E-state index is 12.2. The topological polar surface area (TPSA) is 57.7 Å². The summed E-state index contributed by atoms with van der Waals surface area (Å²) in [6.45, 7) is 1.68. The summed E-state index contributed by atoms with van der Waals surface area (Å²) in [5.74, 6) is -2.20. The molecular formula is C11H11ClF3NO4. The highest BCUT2D eigenvalue weighted by Gasteiger charge is 2.34. The van der Waals surface area contributed by atoms with Crippen molar-refractivity contribution < 1.29 is 32.2 Å². The lowest BCUT2D eigenvalue weighted by Gasteiger charge is -2.14. The van der Waals surface area contributed by atoms with Crippen molar-refractivity contribution in [2.45, 2.75) is 19.2 Å². The Hall–Kier alpha value is -1.70. The Morgan fingerprint density at radius 3 is 2.50 bits per heavy atom. The van der Waals surface area contributed by atoms with E-state index in [4.69, 9.17) is 21.1 Å². The van der Waals surface area contributed by atoms with Gasteiger partial charge in [-0.1, -0.05) is 0 Å². The first-order chi connectivity index (χ1) is 9.32. The van der Waals surface area contributed by atoms with Crippen molar-refractivity contribution in [2.75, 3.05) is 13.7 Å². The Kier molecular flexibility index (Phi) is 5.43. The van der Waals surface area contributed by atoms with Gasteiger partial charge in [0.2, 0.25) is 11.8 Å². The molecule has 0 aliphatic carbocycles. The van der Waals surface area contributed by atoms with Crippen molar-refractivity contribution >= 4 is 17.6 Å².